The summed E-state index contributed by atoms with van der Waals surface area (Å²) in [7, 11) is 0. The molecule has 3 aromatic rings. The van der Waals surface area contributed by atoms with E-state index < -0.39 is 78.2 Å². The number of aliphatic hydroxyl groups is 1. The number of carbonyl (C=O) groups is 8. The first-order chi connectivity index (χ1) is 28.2. The summed E-state index contributed by atoms with van der Waals surface area (Å²) in [6.07, 6.45) is 0.786. The fraction of sp³-hybridized carbons (Fsp3) is 0.381. The minimum absolute atomic E-state index is 0.00248. The zero-order valence-corrected chi connectivity index (χ0v) is 33.2. The monoisotopic (exact) mass is 814 g/mol. The van der Waals surface area contributed by atoms with E-state index in [1.807, 2.05) is 0 Å². The molecule has 5 atom stereocenters. The summed E-state index contributed by atoms with van der Waals surface area (Å²) in [5, 5.41) is 28.2. The molecule has 0 aromatic heterocycles. The highest BCUT2D eigenvalue weighted by Crippen LogP contribution is 2.10. The number of hydrogen-bond donors (Lipinski definition) is 9. The predicted octanol–water partition coefficient (Wildman–Crippen LogP) is -0.941. The first-order valence-corrected chi connectivity index (χ1v) is 19.3. The van der Waals surface area contributed by atoms with Crippen molar-refractivity contribution in [1.82, 2.24) is 37.2 Å². The molecule has 0 heterocycles. The summed E-state index contributed by atoms with van der Waals surface area (Å²) in [6.45, 7) is 1.62. The zero-order chi connectivity index (χ0) is 43.2. The Hall–Kier alpha value is -6.62. The molecule has 8 amide bonds. The summed E-state index contributed by atoms with van der Waals surface area (Å²) in [5.41, 5.74) is 7.81. The number of carbonyl (C=O) groups excluding carboxylic acids is 8. The van der Waals surface area contributed by atoms with Crippen LogP contribution < -0.4 is 43.0 Å². The molecule has 316 valence electrons. The average Bonchev–Trinajstić information content (AvgIpc) is 3.21. The largest absolute Gasteiger partial charge is 0.394 e. The molecule has 17 heteroatoms. The number of aliphatic hydroxyl groups excluding tert-OH is 1. The number of hydrogen-bond acceptors (Lipinski definition) is 9. The molecular weight excluding hydrogens is 761 g/mol. The maximum atomic E-state index is 14.1. The van der Waals surface area contributed by atoms with E-state index in [1.165, 1.54) is 13.8 Å². The second kappa shape index (κ2) is 24.9. The average molecular weight is 815 g/mol. The smallest absolute Gasteiger partial charge is 0.245 e. The summed E-state index contributed by atoms with van der Waals surface area (Å²) in [5.74, 6) is -5.26. The Morgan fingerprint density at radius 1 is 0.508 bits per heavy atom. The highest BCUT2D eigenvalue weighted by atomic mass is 16.3. The molecular formula is C42H54N8O9. The number of rotatable bonds is 24. The first-order valence-electron chi connectivity index (χ1n) is 19.3. The van der Waals surface area contributed by atoms with Crippen LogP contribution in [0.5, 0.6) is 0 Å². The van der Waals surface area contributed by atoms with Gasteiger partial charge in [-0.1, -0.05) is 91.0 Å². The fourth-order valence-corrected chi connectivity index (χ4v) is 5.96. The molecule has 0 spiro atoms. The van der Waals surface area contributed by atoms with Crippen molar-refractivity contribution in [3.05, 3.63) is 108 Å². The second-order valence-corrected chi connectivity index (χ2v) is 13.9. The van der Waals surface area contributed by atoms with Crippen LogP contribution >= 0.6 is 0 Å². The van der Waals surface area contributed by atoms with E-state index in [2.05, 4.69) is 37.2 Å². The lowest BCUT2D eigenvalue weighted by Crippen LogP contribution is -2.60. The van der Waals surface area contributed by atoms with Crippen LogP contribution in [-0.4, -0.2) is 102 Å². The van der Waals surface area contributed by atoms with Gasteiger partial charge in [0.05, 0.1) is 13.2 Å². The summed E-state index contributed by atoms with van der Waals surface area (Å²) >= 11 is 0. The zero-order valence-electron chi connectivity index (χ0n) is 33.2. The third-order valence-corrected chi connectivity index (χ3v) is 9.02. The van der Waals surface area contributed by atoms with Gasteiger partial charge < -0.3 is 48.1 Å². The number of benzene rings is 3. The Bertz CT molecular complexity index is 1870. The van der Waals surface area contributed by atoms with Gasteiger partial charge >= 0.3 is 0 Å². The number of unbranched alkanes of at least 4 members (excludes halogenated alkanes) is 1. The van der Waals surface area contributed by atoms with E-state index in [1.54, 1.807) is 91.0 Å². The summed E-state index contributed by atoms with van der Waals surface area (Å²) in [6, 6.07) is 20.2. The van der Waals surface area contributed by atoms with Gasteiger partial charge in [-0.25, -0.2) is 0 Å². The molecule has 0 fully saturated rings. The van der Waals surface area contributed by atoms with Gasteiger partial charge in [-0.2, -0.15) is 0 Å². The number of amides is 8. The Morgan fingerprint density at radius 2 is 0.915 bits per heavy atom. The van der Waals surface area contributed by atoms with Gasteiger partial charge in [0.15, 0.2) is 0 Å². The van der Waals surface area contributed by atoms with Crippen LogP contribution in [-0.2, 0) is 57.6 Å². The molecule has 0 saturated carbocycles. The van der Waals surface area contributed by atoms with Gasteiger partial charge in [0.1, 0.15) is 30.2 Å². The Balaban J connectivity index is 1.82. The molecule has 0 aliphatic rings. The van der Waals surface area contributed by atoms with Gasteiger partial charge in [0.2, 0.25) is 47.3 Å². The third-order valence-electron chi connectivity index (χ3n) is 9.02. The molecule has 0 saturated heterocycles. The Morgan fingerprint density at radius 3 is 1.37 bits per heavy atom. The molecule has 17 nitrogen and oxygen atoms in total. The van der Waals surface area contributed by atoms with Crippen LogP contribution in [0.2, 0.25) is 0 Å². The van der Waals surface area contributed by atoms with Gasteiger partial charge in [0.25, 0.3) is 0 Å². The van der Waals surface area contributed by atoms with Gasteiger partial charge in [-0.15, -0.1) is 0 Å². The molecule has 0 bridgehead atoms. The fourth-order valence-electron chi connectivity index (χ4n) is 5.96. The standard InChI is InChI=1S/C42H54N8O9/c1-27(52)45-25-37(54)44-21-13-12-20-32(47-42(59)36(26-51)50-40(57)34(46-28(2)53)23-30-16-8-4-9-17-30)39(56)49-35(24-31-18-10-5-11-19-31)41(58)48-33(38(43)55)22-29-14-6-3-7-15-29/h3-11,14-19,32-36,51H,12-13,20-26H2,1-2H3,(H2,43,55)(H,44,54)(H,45,52)(H,46,53)(H,47,59)(H,48,58)(H,49,56)(H,50,57)/t32-,33-,34-,35-,36-/m0/s1. The van der Waals surface area contributed by atoms with Crippen molar-refractivity contribution < 1.29 is 43.5 Å². The third kappa shape index (κ3) is 17.6. The van der Waals surface area contributed by atoms with Crippen molar-refractivity contribution in [3.8, 4) is 0 Å². The van der Waals surface area contributed by atoms with Crippen LogP contribution in [0.25, 0.3) is 0 Å². The first kappa shape index (κ1) is 46.8. The number of nitrogens with one attached hydrogen (secondary N) is 7. The van der Waals surface area contributed by atoms with Gasteiger partial charge in [-0.3, -0.25) is 38.4 Å². The van der Waals surface area contributed by atoms with Crippen molar-refractivity contribution in [1.29, 1.82) is 0 Å². The van der Waals surface area contributed by atoms with Crippen molar-refractivity contribution >= 4 is 47.3 Å². The molecule has 0 aliphatic heterocycles. The van der Waals surface area contributed by atoms with Gasteiger partial charge in [-0.05, 0) is 36.0 Å². The lowest BCUT2D eigenvalue weighted by molar-refractivity contribution is -0.135. The van der Waals surface area contributed by atoms with Crippen molar-refractivity contribution in [3.63, 3.8) is 0 Å². The minimum Gasteiger partial charge on any atom is -0.394 e. The van der Waals surface area contributed by atoms with Crippen LogP contribution in [0.15, 0.2) is 91.0 Å². The highest BCUT2D eigenvalue weighted by Gasteiger charge is 2.32. The molecule has 0 unspecified atom stereocenters. The van der Waals surface area contributed by atoms with Crippen molar-refractivity contribution in [2.45, 2.75) is 82.6 Å². The summed E-state index contributed by atoms with van der Waals surface area (Å²) < 4.78 is 0. The maximum absolute atomic E-state index is 14.1. The maximum Gasteiger partial charge on any atom is 0.245 e. The van der Waals surface area contributed by atoms with Crippen LogP contribution in [0.4, 0.5) is 0 Å². The molecule has 10 N–H and O–H groups in total. The van der Waals surface area contributed by atoms with Crippen molar-refractivity contribution in [2.24, 2.45) is 5.73 Å². The van der Waals surface area contributed by atoms with Crippen LogP contribution in [0.3, 0.4) is 0 Å². The SMILES string of the molecule is CC(=O)NCC(=O)NCCCC[C@H](NC(=O)[C@H](CO)NC(=O)[C@H](Cc1ccccc1)NC(C)=O)C(=O)N[C@@H](Cc1ccccc1)C(=O)N[C@@H](Cc1ccccc1)C(N)=O. The van der Waals surface area contributed by atoms with E-state index in [0.29, 0.717) is 12.0 Å². The van der Waals surface area contributed by atoms with Gasteiger partial charge in [0, 0.05) is 39.7 Å². The molecule has 0 radical (unpaired) electrons. The van der Waals surface area contributed by atoms with Crippen LogP contribution in [0, 0.1) is 0 Å². The second-order valence-electron chi connectivity index (χ2n) is 13.9. The van der Waals surface area contributed by atoms with E-state index in [9.17, 15) is 43.5 Å². The normalized spacial score (nSPS) is 13.2. The molecule has 59 heavy (non-hydrogen) atoms. The number of nitrogens with two attached hydrogens (primary N) is 1. The Kier molecular flexibility index (Phi) is 19.7. The lowest BCUT2D eigenvalue weighted by Gasteiger charge is -2.27. The quantitative estimate of drug-likeness (QED) is 0.0505. The predicted molar refractivity (Wildman–Crippen MR) is 218 cm³/mol. The highest BCUT2D eigenvalue weighted by molar-refractivity contribution is 5.96. The minimum atomic E-state index is -1.55. The molecule has 0 aliphatic carbocycles. The van der Waals surface area contributed by atoms with E-state index in [-0.39, 0.29) is 51.1 Å². The summed E-state index contributed by atoms with van der Waals surface area (Å²) in [4.78, 5) is 103. The van der Waals surface area contributed by atoms with Crippen LogP contribution in [0.1, 0.15) is 49.8 Å². The van der Waals surface area contributed by atoms with E-state index >= 15 is 0 Å². The lowest BCUT2D eigenvalue weighted by atomic mass is 10.0. The Labute approximate surface area is 343 Å². The molecule has 3 aromatic carbocycles. The van der Waals surface area contributed by atoms with E-state index in [0.717, 1.165) is 11.1 Å². The van der Waals surface area contributed by atoms with E-state index in [4.69, 9.17) is 5.73 Å². The topological polar surface area (TPSA) is 267 Å². The number of primary amides is 1. The van der Waals surface area contributed by atoms with Crippen molar-refractivity contribution in [2.75, 3.05) is 19.7 Å². The molecule has 3 rings (SSSR count).